The van der Waals surface area contributed by atoms with Gasteiger partial charge in [-0.3, -0.25) is 4.79 Å². The summed E-state index contributed by atoms with van der Waals surface area (Å²) in [6.45, 7) is 2.43. The van der Waals surface area contributed by atoms with Crippen LogP contribution in [0, 0.1) is 5.92 Å². The third-order valence-electron chi connectivity index (χ3n) is 2.69. The van der Waals surface area contributed by atoms with Gasteiger partial charge in [0.2, 0.25) is 5.91 Å². The molecule has 19 heavy (non-hydrogen) atoms. The minimum atomic E-state index is -0.157. The van der Waals surface area contributed by atoms with Crippen LogP contribution in [0.4, 0.5) is 5.69 Å². The number of carbonyl (C=O) groups is 1. The number of nitrogens with one attached hydrogen (secondary N) is 2. The molecule has 0 bridgehead atoms. The Morgan fingerprint density at radius 3 is 2.47 bits per heavy atom. The molecule has 5 nitrogen and oxygen atoms in total. The molecule has 1 aromatic rings. The molecular formula is C13H19ClN2O3. The molecule has 0 aliphatic carbocycles. The summed E-state index contributed by atoms with van der Waals surface area (Å²) in [5.41, 5.74) is 0.529. The topological polar surface area (TPSA) is 59.6 Å². The second kappa shape index (κ2) is 7.21. The van der Waals surface area contributed by atoms with Gasteiger partial charge >= 0.3 is 0 Å². The van der Waals surface area contributed by atoms with Crippen LogP contribution in [0.5, 0.6) is 11.5 Å². The summed E-state index contributed by atoms with van der Waals surface area (Å²) < 4.78 is 10.3. The maximum Gasteiger partial charge on any atom is 0.228 e. The van der Waals surface area contributed by atoms with Crippen molar-refractivity contribution in [2.75, 3.05) is 33.1 Å². The largest absolute Gasteiger partial charge is 0.495 e. The van der Waals surface area contributed by atoms with E-state index in [0.717, 1.165) is 0 Å². The molecule has 0 aliphatic rings. The van der Waals surface area contributed by atoms with Crippen molar-refractivity contribution >= 4 is 23.2 Å². The Labute approximate surface area is 118 Å². The Morgan fingerprint density at radius 2 is 1.95 bits per heavy atom. The lowest BCUT2D eigenvalue weighted by Crippen LogP contribution is -2.28. The monoisotopic (exact) mass is 286 g/mol. The molecule has 106 valence electrons. The maximum atomic E-state index is 12.0. The summed E-state index contributed by atoms with van der Waals surface area (Å²) in [6.07, 6.45) is 0. The molecule has 0 fully saturated rings. The Bertz CT molecular complexity index is 452. The van der Waals surface area contributed by atoms with E-state index in [2.05, 4.69) is 10.6 Å². The van der Waals surface area contributed by atoms with Gasteiger partial charge in [0.05, 0.1) is 24.9 Å². The number of ether oxygens (including phenoxy) is 2. The summed E-state index contributed by atoms with van der Waals surface area (Å²) in [5, 5.41) is 6.17. The number of benzene rings is 1. The summed E-state index contributed by atoms with van der Waals surface area (Å²) in [7, 11) is 4.85. The van der Waals surface area contributed by atoms with Crippen molar-refractivity contribution in [1.82, 2.24) is 5.32 Å². The molecule has 1 atom stereocenters. The number of amides is 1. The second-order valence-electron chi connectivity index (χ2n) is 4.14. The van der Waals surface area contributed by atoms with E-state index in [0.29, 0.717) is 28.8 Å². The molecule has 0 saturated heterocycles. The molecule has 1 aromatic carbocycles. The van der Waals surface area contributed by atoms with Gasteiger partial charge in [0.15, 0.2) is 0 Å². The average Bonchev–Trinajstić information content (AvgIpc) is 2.39. The van der Waals surface area contributed by atoms with E-state index in [-0.39, 0.29) is 11.8 Å². The fraction of sp³-hybridized carbons (Fsp3) is 0.462. The van der Waals surface area contributed by atoms with Crippen LogP contribution in [0.25, 0.3) is 0 Å². The number of hydrogen-bond donors (Lipinski definition) is 2. The number of rotatable bonds is 6. The second-order valence-corrected chi connectivity index (χ2v) is 4.54. The molecule has 1 rings (SSSR count). The quantitative estimate of drug-likeness (QED) is 0.841. The summed E-state index contributed by atoms with van der Waals surface area (Å²) in [5.74, 6) is 0.746. The van der Waals surface area contributed by atoms with Crippen LogP contribution in [0.2, 0.25) is 5.02 Å². The van der Waals surface area contributed by atoms with E-state index in [1.165, 1.54) is 14.2 Å². The Morgan fingerprint density at radius 1 is 1.32 bits per heavy atom. The average molecular weight is 287 g/mol. The van der Waals surface area contributed by atoms with Gasteiger partial charge in [-0.05, 0) is 13.1 Å². The number of carbonyl (C=O) groups excluding carboxylic acids is 1. The van der Waals surface area contributed by atoms with Gasteiger partial charge in [0, 0.05) is 18.5 Å². The lowest BCUT2D eigenvalue weighted by Gasteiger charge is -2.15. The van der Waals surface area contributed by atoms with Gasteiger partial charge in [-0.15, -0.1) is 0 Å². The first-order valence-electron chi connectivity index (χ1n) is 5.90. The minimum absolute atomic E-state index is 0.103. The van der Waals surface area contributed by atoms with Crippen LogP contribution < -0.4 is 20.1 Å². The molecule has 0 aliphatic heterocycles. The van der Waals surface area contributed by atoms with Crippen molar-refractivity contribution < 1.29 is 14.3 Å². The van der Waals surface area contributed by atoms with Crippen molar-refractivity contribution in [3.8, 4) is 11.5 Å². The van der Waals surface area contributed by atoms with E-state index in [1.807, 2.05) is 6.92 Å². The molecular weight excluding hydrogens is 268 g/mol. The third kappa shape index (κ3) is 4.01. The van der Waals surface area contributed by atoms with Crippen LogP contribution in [0.3, 0.4) is 0 Å². The fourth-order valence-corrected chi connectivity index (χ4v) is 1.85. The summed E-state index contributed by atoms with van der Waals surface area (Å²) in [6, 6.07) is 3.25. The van der Waals surface area contributed by atoms with Gasteiger partial charge in [-0.2, -0.15) is 0 Å². The highest BCUT2D eigenvalue weighted by Gasteiger charge is 2.16. The number of halogens is 1. The zero-order chi connectivity index (χ0) is 14.4. The summed E-state index contributed by atoms with van der Waals surface area (Å²) >= 11 is 6.04. The van der Waals surface area contributed by atoms with Crippen molar-refractivity contribution in [2.45, 2.75) is 6.92 Å². The molecule has 6 heteroatoms. The van der Waals surface area contributed by atoms with E-state index in [4.69, 9.17) is 21.1 Å². The standard InChI is InChI=1S/C13H19ClN2O3/c1-8(7-15-2)13(17)16-10-5-9(14)11(18-3)6-12(10)19-4/h5-6,8,15H,7H2,1-4H3,(H,16,17). The van der Waals surface area contributed by atoms with E-state index < -0.39 is 0 Å². The number of methoxy groups -OCH3 is 2. The molecule has 2 N–H and O–H groups in total. The molecule has 0 spiro atoms. The molecule has 0 aromatic heterocycles. The SMILES string of the molecule is CNCC(C)C(=O)Nc1cc(Cl)c(OC)cc1OC. The Kier molecular flexibility index (Phi) is 5.92. The number of hydrogen-bond acceptors (Lipinski definition) is 4. The fourth-order valence-electron chi connectivity index (χ4n) is 1.61. The van der Waals surface area contributed by atoms with Crippen LogP contribution in [-0.2, 0) is 4.79 Å². The van der Waals surface area contributed by atoms with E-state index in [1.54, 1.807) is 19.2 Å². The predicted octanol–water partition coefficient (Wildman–Crippen LogP) is 2.15. The highest BCUT2D eigenvalue weighted by atomic mass is 35.5. The van der Waals surface area contributed by atoms with Crippen LogP contribution in [0.15, 0.2) is 12.1 Å². The van der Waals surface area contributed by atoms with Crippen molar-refractivity contribution in [3.63, 3.8) is 0 Å². The van der Waals surface area contributed by atoms with Crippen molar-refractivity contribution in [1.29, 1.82) is 0 Å². The van der Waals surface area contributed by atoms with Crippen molar-refractivity contribution in [3.05, 3.63) is 17.2 Å². The highest BCUT2D eigenvalue weighted by molar-refractivity contribution is 6.32. The van der Waals surface area contributed by atoms with E-state index in [9.17, 15) is 4.79 Å². The zero-order valence-corrected chi connectivity index (χ0v) is 12.3. The highest BCUT2D eigenvalue weighted by Crippen LogP contribution is 2.35. The first kappa shape index (κ1) is 15.6. The molecule has 1 unspecified atom stereocenters. The first-order valence-corrected chi connectivity index (χ1v) is 6.28. The van der Waals surface area contributed by atoms with Gasteiger partial charge in [0.25, 0.3) is 0 Å². The number of anilines is 1. The lowest BCUT2D eigenvalue weighted by molar-refractivity contribution is -0.119. The van der Waals surface area contributed by atoms with Gasteiger partial charge in [-0.1, -0.05) is 18.5 Å². The predicted molar refractivity (Wildman–Crippen MR) is 76.3 cm³/mol. The Hall–Kier alpha value is -1.46. The first-order chi connectivity index (χ1) is 9.03. The van der Waals surface area contributed by atoms with Gasteiger partial charge in [-0.25, -0.2) is 0 Å². The molecule has 0 radical (unpaired) electrons. The zero-order valence-electron chi connectivity index (χ0n) is 11.5. The molecule has 1 amide bonds. The third-order valence-corrected chi connectivity index (χ3v) is 2.99. The Balaban J connectivity index is 2.94. The van der Waals surface area contributed by atoms with Crippen LogP contribution in [0.1, 0.15) is 6.92 Å². The van der Waals surface area contributed by atoms with E-state index >= 15 is 0 Å². The van der Waals surface area contributed by atoms with Gasteiger partial charge < -0.3 is 20.1 Å². The lowest BCUT2D eigenvalue weighted by atomic mass is 10.1. The van der Waals surface area contributed by atoms with Crippen LogP contribution in [-0.4, -0.2) is 33.7 Å². The van der Waals surface area contributed by atoms with Crippen molar-refractivity contribution in [2.24, 2.45) is 5.92 Å². The minimum Gasteiger partial charge on any atom is -0.495 e. The maximum absolute atomic E-state index is 12.0. The smallest absolute Gasteiger partial charge is 0.228 e. The normalized spacial score (nSPS) is 11.8. The van der Waals surface area contributed by atoms with Crippen LogP contribution >= 0.6 is 11.6 Å². The molecule has 0 heterocycles. The molecule has 0 saturated carbocycles. The van der Waals surface area contributed by atoms with Gasteiger partial charge in [0.1, 0.15) is 11.5 Å². The summed E-state index contributed by atoms with van der Waals surface area (Å²) in [4.78, 5) is 12.0.